The highest BCUT2D eigenvalue weighted by Gasteiger charge is 2.22. The van der Waals surface area contributed by atoms with Crippen molar-refractivity contribution in [2.45, 2.75) is 25.9 Å². The predicted molar refractivity (Wildman–Crippen MR) is 110 cm³/mol. The third-order valence-corrected chi connectivity index (χ3v) is 5.24. The number of fused-ring (bicyclic) bond motifs is 2. The Balaban J connectivity index is 1.56. The Morgan fingerprint density at radius 3 is 2.62 bits per heavy atom. The maximum atomic E-state index is 13.9. The predicted octanol–water partition coefficient (Wildman–Crippen LogP) is 3.93. The lowest BCUT2D eigenvalue weighted by Crippen LogP contribution is -2.54. The summed E-state index contributed by atoms with van der Waals surface area (Å²) >= 11 is 0. The fourth-order valence-electron chi connectivity index (χ4n) is 4.01. The lowest BCUT2D eigenvalue weighted by atomic mass is 10.1. The molecule has 1 aliphatic heterocycles. The first-order valence-electron chi connectivity index (χ1n) is 9.62. The first kappa shape index (κ1) is 17.9. The van der Waals surface area contributed by atoms with E-state index in [9.17, 15) is 9.18 Å². The highest BCUT2D eigenvalue weighted by atomic mass is 19.1. The van der Waals surface area contributed by atoms with Crippen LogP contribution in [0, 0.1) is 5.82 Å². The van der Waals surface area contributed by atoms with E-state index in [-0.39, 0.29) is 22.6 Å². The van der Waals surface area contributed by atoms with Crippen molar-refractivity contribution in [2.24, 2.45) is 0 Å². The largest absolute Gasteiger partial charge is 0.436 e. The van der Waals surface area contributed by atoms with Crippen LogP contribution in [0.5, 0.6) is 0 Å². The molecule has 0 bridgehead atoms. The second kappa shape index (κ2) is 6.70. The van der Waals surface area contributed by atoms with Gasteiger partial charge in [-0.05, 0) is 44.2 Å². The van der Waals surface area contributed by atoms with Gasteiger partial charge in [0.1, 0.15) is 16.7 Å². The molecule has 6 nitrogen and oxygen atoms in total. The maximum absolute atomic E-state index is 13.9. The number of nitrogens with zero attached hydrogens (tertiary/aromatic N) is 2. The average molecular weight is 393 g/mol. The monoisotopic (exact) mass is 393 g/mol. The maximum Gasteiger partial charge on any atom is 0.349 e. The van der Waals surface area contributed by atoms with E-state index in [1.54, 1.807) is 12.1 Å². The number of hydrogen-bond acceptors (Lipinski definition) is 6. The second-order valence-electron chi connectivity index (χ2n) is 7.65. The first-order chi connectivity index (χ1) is 14.0. The van der Waals surface area contributed by atoms with Gasteiger partial charge in [0, 0.05) is 42.3 Å². The van der Waals surface area contributed by atoms with E-state index in [1.165, 1.54) is 12.1 Å². The van der Waals surface area contributed by atoms with Crippen molar-refractivity contribution in [1.82, 2.24) is 10.3 Å². The number of anilines is 1. The molecule has 1 saturated heterocycles. The van der Waals surface area contributed by atoms with E-state index >= 15 is 0 Å². The number of aromatic nitrogens is 1. The molecule has 3 heterocycles. The van der Waals surface area contributed by atoms with E-state index in [1.807, 2.05) is 18.2 Å². The van der Waals surface area contributed by atoms with Crippen LogP contribution in [-0.4, -0.2) is 30.2 Å². The first-order valence-corrected chi connectivity index (χ1v) is 9.62. The number of benzene rings is 2. The summed E-state index contributed by atoms with van der Waals surface area (Å²) in [7, 11) is 0. The van der Waals surface area contributed by atoms with E-state index < -0.39 is 11.4 Å². The van der Waals surface area contributed by atoms with Gasteiger partial charge >= 0.3 is 5.63 Å². The van der Waals surface area contributed by atoms with Crippen molar-refractivity contribution in [2.75, 3.05) is 18.0 Å². The van der Waals surface area contributed by atoms with Gasteiger partial charge in [-0.25, -0.2) is 14.2 Å². The van der Waals surface area contributed by atoms with Gasteiger partial charge in [-0.15, -0.1) is 0 Å². The molecule has 0 amide bonds. The van der Waals surface area contributed by atoms with Gasteiger partial charge in [0.05, 0.1) is 0 Å². The number of piperazine rings is 1. The third kappa shape index (κ3) is 3.17. The van der Waals surface area contributed by atoms with E-state index in [0.717, 1.165) is 24.2 Å². The van der Waals surface area contributed by atoms with Crippen LogP contribution < -0.4 is 15.8 Å². The molecule has 0 unspecified atom stereocenters. The SMILES string of the molecule is C[C@@H]1CN(c2ccc3cc(-c4nc5c(F)cccc5o4)c(=O)oc3c2)C[C@H](C)N1. The summed E-state index contributed by atoms with van der Waals surface area (Å²) in [4.78, 5) is 19.0. The zero-order valence-electron chi connectivity index (χ0n) is 16.1. The lowest BCUT2D eigenvalue weighted by Gasteiger charge is -2.37. The number of halogens is 1. The molecule has 148 valence electrons. The molecule has 4 aromatic rings. The molecule has 2 aromatic carbocycles. The van der Waals surface area contributed by atoms with Crippen molar-refractivity contribution in [3.05, 3.63) is 58.7 Å². The number of para-hydroxylation sites is 1. The Bertz CT molecular complexity index is 1270. The lowest BCUT2D eigenvalue weighted by molar-refractivity contribution is 0.407. The molecular formula is C22H20FN3O3. The van der Waals surface area contributed by atoms with Gasteiger partial charge in [-0.3, -0.25) is 0 Å². The molecule has 1 N–H and O–H groups in total. The molecule has 1 aliphatic rings. The molecule has 2 aromatic heterocycles. The Kier molecular flexibility index (Phi) is 4.13. The minimum absolute atomic E-state index is 0.0505. The average Bonchev–Trinajstić information content (AvgIpc) is 3.11. The highest BCUT2D eigenvalue weighted by Crippen LogP contribution is 2.28. The minimum atomic E-state index is -0.566. The summed E-state index contributed by atoms with van der Waals surface area (Å²) in [6, 6.07) is 12.7. The normalized spacial score (nSPS) is 19.9. The Labute approximate surface area is 165 Å². The third-order valence-electron chi connectivity index (χ3n) is 5.24. The van der Waals surface area contributed by atoms with Gasteiger partial charge < -0.3 is 19.1 Å². The fraction of sp³-hybridized carbons (Fsp3) is 0.273. The van der Waals surface area contributed by atoms with E-state index in [0.29, 0.717) is 17.7 Å². The molecule has 29 heavy (non-hydrogen) atoms. The fourth-order valence-corrected chi connectivity index (χ4v) is 4.01. The Hall–Kier alpha value is -3.19. The molecule has 2 atom stereocenters. The van der Waals surface area contributed by atoms with Gasteiger partial charge in [-0.1, -0.05) is 6.07 Å². The standard InChI is InChI=1S/C22H20FN3O3/c1-12-10-26(11-13(2)24-12)15-7-6-14-8-16(22(27)29-19(14)9-15)21-25-20-17(23)4-3-5-18(20)28-21/h3-9,12-13,24H,10-11H2,1-2H3/t12-,13+. The van der Waals surface area contributed by atoms with E-state index in [4.69, 9.17) is 8.83 Å². The molecule has 0 saturated carbocycles. The Morgan fingerprint density at radius 1 is 1.07 bits per heavy atom. The van der Waals surface area contributed by atoms with Crippen LogP contribution in [0.2, 0.25) is 0 Å². The van der Waals surface area contributed by atoms with Crippen molar-refractivity contribution >= 4 is 27.8 Å². The molecule has 0 spiro atoms. The number of nitrogens with one attached hydrogen (secondary N) is 1. The molecular weight excluding hydrogens is 373 g/mol. The molecule has 5 rings (SSSR count). The summed E-state index contributed by atoms with van der Waals surface area (Å²) in [5.74, 6) is -0.443. The topological polar surface area (TPSA) is 71.5 Å². The van der Waals surface area contributed by atoms with Crippen LogP contribution in [0.25, 0.3) is 33.5 Å². The number of rotatable bonds is 2. The van der Waals surface area contributed by atoms with E-state index in [2.05, 4.69) is 29.0 Å². The van der Waals surface area contributed by atoms with Crippen molar-refractivity contribution < 1.29 is 13.2 Å². The summed E-state index contributed by atoms with van der Waals surface area (Å²) in [6.07, 6.45) is 0. The van der Waals surface area contributed by atoms with Crippen LogP contribution in [0.1, 0.15) is 13.8 Å². The summed E-state index contributed by atoms with van der Waals surface area (Å²) in [6.45, 7) is 6.07. The van der Waals surface area contributed by atoms with Crippen LogP contribution in [0.3, 0.4) is 0 Å². The zero-order chi connectivity index (χ0) is 20.1. The minimum Gasteiger partial charge on any atom is -0.436 e. The van der Waals surface area contributed by atoms with Crippen LogP contribution in [0.4, 0.5) is 10.1 Å². The van der Waals surface area contributed by atoms with Gasteiger partial charge in [0.25, 0.3) is 0 Å². The summed E-state index contributed by atoms with van der Waals surface area (Å²) in [5, 5.41) is 4.26. The number of hydrogen-bond donors (Lipinski definition) is 1. The van der Waals surface area contributed by atoms with Crippen LogP contribution in [0.15, 0.2) is 56.1 Å². The molecule has 0 radical (unpaired) electrons. The van der Waals surface area contributed by atoms with Crippen molar-refractivity contribution in [1.29, 1.82) is 0 Å². The van der Waals surface area contributed by atoms with Crippen molar-refractivity contribution in [3.8, 4) is 11.5 Å². The summed E-state index contributed by atoms with van der Waals surface area (Å²) < 4.78 is 25.1. The molecule has 1 fully saturated rings. The van der Waals surface area contributed by atoms with Crippen LogP contribution in [-0.2, 0) is 0 Å². The van der Waals surface area contributed by atoms with Crippen LogP contribution >= 0.6 is 0 Å². The Morgan fingerprint density at radius 2 is 1.86 bits per heavy atom. The number of oxazole rings is 1. The quantitative estimate of drug-likeness (QED) is 0.521. The smallest absolute Gasteiger partial charge is 0.349 e. The highest BCUT2D eigenvalue weighted by molar-refractivity contribution is 5.84. The molecule has 7 heteroatoms. The van der Waals surface area contributed by atoms with Crippen molar-refractivity contribution in [3.63, 3.8) is 0 Å². The zero-order valence-corrected chi connectivity index (χ0v) is 16.1. The second-order valence-corrected chi connectivity index (χ2v) is 7.65. The molecule has 0 aliphatic carbocycles. The summed E-state index contributed by atoms with van der Waals surface area (Å²) in [5.41, 5.74) is 1.50. The van der Waals surface area contributed by atoms with Gasteiger partial charge in [0.15, 0.2) is 11.4 Å². The van der Waals surface area contributed by atoms with Gasteiger partial charge in [0.2, 0.25) is 5.89 Å². The van der Waals surface area contributed by atoms with Gasteiger partial charge in [-0.2, -0.15) is 0 Å².